The predicted octanol–water partition coefficient (Wildman–Crippen LogP) is 3.74. The van der Waals surface area contributed by atoms with Gasteiger partial charge in [-0.2, -0.15) is 0 Å². The summed E-state index contributed by atoms with van der Waals surface area (Å²) in [6, 6.07) is 17.3. The fourth-order valence-corrected chi connectivity index (χ4v) is 3.10. The van der Waals surface area contributed by atoms with Crippen LogP contribution in [0.1, 0.15) is 6.92 Å². The number of fused-ring (bicyclic) bond motifs is 1. The van der Waals surface area contributed by atoms with E-state index < -0.39 is 17.3 Å². The quantitative estimate of drug-likeness (QED) is 0.513. The van der Waals surface area contributed by atoms with Gasteiger partial charge in [0.2, 0.25) is 5.91 Å². The zero-order valence-corrected chi connectivity index (χ0v) is 15.6. The topological polar surface area (TPSA) is 93.2 Å². The molecule has 0 saturated heterocycles. The molecule has 0 fully saturated rings. The van der Waals surface area contributed by atoms with Crippen LogP contribution >= 0.6 is 11.8 Å². The summed E-state index contributed by atoms with van der Waals surface area (Å²) in [4.78, 5) is 32.3. The van der Waals surface area contributed by atoms with Gasteiger partial charge < -0.3 is 10.1 Å². The second-order valence-electron chi connectivity index (χ2n) is 5.60. The first-order valence-electron chi connectivity index (χ1n) is 8.21. The minimum atomic E-state index is -0.793. The molecule has 0 spiro atoms. The van der Waals surface area contributed by atoms with E-state index in [1.54, 1.807) is 6.92 Å². The summed E-state index contributed by atoms with van der Waals surface area (Å²) < 4.78 is 4.44. The van der Waals surface area contributed by atoms with E-state index in [9.17, 15) is 9.59 Å². The third kappa shape index (κ3) is 4.73. The molecule has 8 heteroatoms. The number of amides is 2. The molecule has 7 nitrogen and oxygen atoms in total. The Labute approximate surface area is 160 Å². The van der Waals surface area contributed by atoms with Gasteiger partial charge in [0.05, 0.1) is 17.9 Å². The normalized spacial score (nSPS) is 11.6. The molecule has 0 bridgehead atoms. The van der Waals surface area contributed by atoms with E-state index in [2.05, 4.69) is 25.3 Å². The largest absolute Gasteiger partial charge is 0.453 e. The van der Waals surface area contributed by atoms with Gasteiger partial charge in [0, 0.05) is 11.1 Å². The summed E-state index contributed by atoms with van der Waals surface area (Å²) in [5.74, 6) is 0.177. The van der Waals surface area contributed by atoms with Gasteiger partial charge in [0.25, 0.3) is 0 Å². The van der Waals surface area contributed by atoms with Crippen molar-refractivity contribution >= 4 is 46.2 Å². The number of aromatic nitrogens is 2. The third-order valence-corrected chi connectivity index (χ3v) is 4.64. The SMILES string of the molecule is COC(=O)NC(=O)[C@H](C)Sc1nc(Nc2ccccc2)c2ccccc2n1. The molecule has 0 unspecified atom stereocenters. The van der Waals surface area contributed by atoms with Crippen LogP contribution in [0, 0.1) is 0 Å². The molecule has 2 amide bonds. The molecule has 0 radical (unpaired) electrons. The number of hydrogen-bond donors (Lipinski definition) is 2. The van der Waals surface area contributed by atoms with Crippen LogP contribution in [-0.4, -0.2) is 34.3 Å². The van der Waals surface area contributed by atoms with Crippen molar-refractivity contribution in [3.8, 4) is 0 Å². The van der Waals surface area contributed by atoms with Crippen LogP contribution in [0.25, 0.3) is 10.9 Å². The Morgan fingerprint density at radius 2 is 1.74 bits per heavy atom. The highest BCUT2D eigenvalue weighted by Crippen LogP contribution is 2.28. The lowest BCUT2D eigenvalue weighted by Gasteiger charge is -2.13. The Morgan fingerprint density at radius 1 is 1.04 bits per heavy atom. The number of ether oxygens (including phenoxy) is 1. The first-order valence-corrected chi connectivity index (χ1v) is 9.09. The van der Waals surface area contributed by atoms with Crippen LogP contribution in [0.5, 0.6) is 0 Å². The Kier molecular flexibility index (Phi) is 5.87. The highest BCUT2D eigenvalue weighted by atomic mass is 32.2. The summed E-state index contributed by atoms with van der Waals surface area (Å²) in [6.07, 6.45) is -0.793. The van der Waals surface area contributed by atoms with Gasteiger partial charge in [-0.1, -0.05) is 42.1 Å². The van der Waals surface area contributed by atoms with Gasteiger partial charge in [-0.25, -0.2) is 14.8 Å². The fourth-order valence-electron chi connectivity index (χ4n) is 2.33. The van der Waals surface area contributed by atoms with E-state index in [-0.39, 0.29) is 0 Å². The number of rotatable bonds is 5. The maximum absolute atomic E-state index is 12.1. The van der Waals surface area contributed by atoms with E-state index in [0.717, 1.165) is 28.4 Å². The fraction of sp³-hybridized carbons (Fsp3) is 0.158. The predicted molar refractivity (Wildman–Crippen MR) is 105 cm³/mol. The third-order valence-electron chi connectivity index (χ3n) is 3.68. The Morgan fingerprint density at radius 3 is 2.48 bits per heavy atom. The van der Waals surface area contributed by atoms with Crippen molar-refractivity contribution in [2.75, 3.05) is 12.4 Å². The van der Waals surface area contributed by atoms with Crippen LogP contribution < -0.4 is 10.6 Å². The van der Waals surface area contributed by atoms with Gasteiger partial charge >= 0.3 is 6.09 Å². The molecular formula is C19H18N4O3S. The van der Waals surface area contributed by atoms with Crippen LogP contribution in [0.3, 0.4) is 0 Å². The smallest absolute Gasteiger partial charge is 0.413 e. The molecule has 1 aromatic heterocycles. The number of anilines is 2. The number of para-hydroxylation sites is 2. The monoisotopic (exact) mass is 382 g/mol. The molecule has 2 aromatic carbocycles. The highest BCUT2D eigenvalue weighted by molar-refractivity contribution is 8.00. The van der Waals surface area contributed by atoms with Crippen molar-refractivity contribution in [3.63, 3.8) is 0 Å². The molecule has 1 atom stereocenters. The van der Waals surface area contributed by atoms with Crippen LogP contribution in [0.2, 0.25) is 0 Å². The zero-order chi connectivity index (χ0) is 19.2. The lowest BCUT2D eigenvalue weighted by Crippen LogP contribution is -2.35. The molecule has 0 aliphatic carbocycles. The van der Waals surface area contributed by atoms with Crippen molar-refractivity contribution < 1.29 is 14.3 Å². The number of alkyl carbamates (subject to hydrolysis) is 1. The number of benzene rings is 2. The van der Waals surface area contributed by atoms with Gasteiger partial charge in [-0.05, 0) is 31.2 Å². The number of methoxy groups -OCH3 is 1. The Bertz CT molecular complexity index is 966. The number of nitrogens with zero attached hydrogens (tertiary/aromatic N) is 2. The second-order valence-corrected chi connectivity index (χ2v) is 6.91. The molecule has 3 rings (SSSR count). The highest BCUT2D eigenvalue weighted by Gasteiger charge is 2.19. The maximum Gasteiger partial charge on any atom is 0.413 e. The molecule has 0 saturated carbocycles. The lowest BCUT2D eigenvalue weighted by molar-refractivity contribution is -0.119. The molecule has 1 heterocycles. The molecule has 2 N–H and O–H groups in total. The average Bonchev–Trinajstić information content (AvgIpc) is 2.68. The van der Waals surface area contributed by atoms with E-state index >= 15 is 0 Å². The standard InChI is InChI=1S/C19H18N4O3S/c1-12(17(24)23-19(25)26-2)27-18-21-15-11-7-6-10-14(15)16(22-18)20-13-8-4-3-5-9-13/h3-12H,1-2H3,(H,20,21,22)(H,23,24,25)/t12-/m0/s1. The van der Waals surface area contributed by atoms with Crippen molar-refractivity contribution in [1.82, 2.24) is 15.3 Å². The van der Waals surface area contributed by atoms with Crippen LogP contribution in [0.15, 0.2) is 59.8 Å². The molecule has 0 aliphatic heterocycles. The van der Waals surface area contributed by atoms with Crippen LogP contribution in [-0.2, 0) is 9.53 Å². The number of thioether (sulfide) groups is 1. The minimum absolute atomic E-state index is 0.430. The van der Waals surface area contributed by atoms with E-state index in [1.807, 2.05) is 54.6 Å². The minimum Gasteiger partial charge on any atom is -0.453 e. The molecule has 3 aromatic rings. The second kappa shape index (κ2) is 8.50. The van der Waals surface area contributed by atoms with E-state index in [1.165, 1.54) is 7.11 Å². The molecule has 0 aliphatic rings. The Balaban J connectivity index is 1.88. The molecular weight excluding hydrogens is 364 g/mol. The van der Waals surface area contributed by atoms with Gasteiger partial charge in [-0.3, -0.25) is 10.1 Å². The van der Waals surface area contributed by atoms with Crippen molar-refractivity contribution in [2.45, 2.75) is 17.3 Å². The maximum atomic E-state index is 12.1. The first kappa shape index (κ1) is 18.7. The summed E-state index contributed by atoms with van der Waals surface area (Å²) in [5.41, 5.74) is 1.66. The molecule has 138 valence electrons. The van der Waals surface area contributed by atoms with Crippen molar-refractivity contribution in [1.29, 1.82) is 0 Å². The first-order chi connectivity index (χ1) is 13.1. The summed E-state index contributed by atoms with van der Waals surface area (Å²) in [7, 11) is 1.20. The zero-order valence-electron chi connectivity index (χ0n) is 14.8. The van der Waals surface area contributed by atoms with Gasteiger partial charge in [0.15, 0.2) is 5.16 Å². The molecule has 27 heavy (non-hydrogen) atoms. The average molecular weight is 382 g/mol. The van der Waals surface area contributed by atoms with Gasteiger partial charge in [0.1, 0.15) is 5.82 Å². The van der Waals surface area contributed by atoms with Gasteiger partial charge in [-0.15, -0.1) is 0 Å². The van der Waals surface area contributed by atoms with E-state index in [0.29, 0.717) is 11.0 Å². The van der Waals surface area contributed by atoms with Crippen LogP contribution in [0.4, 0.5) is 16.3 Å². The number of carbonyl (C=O) groups is 2. The summed E-state index contributed by atoms with van der Waals surface area (Å²) in [6.45, 7) is 1.67. The number of carbonyl (C=O) groups excluding carboxylic acids is 2. The van der Waals surface area contributed by atoms with Crippen molar-refractivity contribution in [3.05, 3.63) is 54.6 Å². The number of nitrogens with one attached hydrogen (secondary N) is 2. The van der Waals surface area contributed by atoms with E-state index in [4.69, 9.17) is 0 Å². The number of imide groups is 1. The number of hydrogen-bond acceptors (Lipinski definition) is 7. The lowest BCUT2D eigenvalue weighted by atomic mass is 10.2. The summed E-state index contributed by atoms with van der Waals surface area (Å²) in [5, 5.41) is 6.17. The Hall–Kier alpha value is -3.13. The van der Waals surface area contributed by atoms with Crippen molar-refractivity contribution in [2.24, 2.45) is 0 Å². The summed E-state index contributed by atoms with van der Waals surface area (Å²) >= 11 is 1.16.